The molecule has 0 saturated carbocycles. The molecule has 1 heterocycles. The minimum absolute atomic E-state index is 0.192. The Morgan fingerprint density at radius 3 is 2.39 bits per heavy atom. The Balaban J connectivity index is 2.49. The number of methoxy groups -OCH3 is 1. The third-order valence-electron chi connectivity index (χ3n) is 3.31. The Kier molecular flexibility index (Phi) is 3.63. The predicted molar refractivity (Wildman–Crippen MR) is 72.7 cm³/mol. The van der Waals surface area contributed by atoms with Gasteiger partial charge < -0.3 is 10.5 Å². The summed E-state index contributed by atoms with van der Waals surface area (Å²) in [6.45, 7) is 4.12. The van der Waals surface area contributed by atoms with Gasteiger partial charge in [0, 0.05) is 18.0 Å². The minimum atomic E-state index is -0.192. The lowest BCUT2D eigenvalue weighted by atomic mass is 9.95. The Morgan fingerprint density at radius 1 is 1.11 bits per heavy atom. The van der Waals surface area contributed by atoms with E-state index in [0.717, 1.165) is 22.4 Å². The number of ether oxygens (including phenoxy) is 1. The van der Waals surface area contributed by atoms with E-state index >= 15 is 0 Å². The van der Waals surface area contributed by atoms with Crippen molar-refractivity contribution < 1.29 is 4.74 Å². The molecule has 2 aromatic rings. The third-order valence-corrected chi connectivity index (χ3v) is 3.31. The molecule has 1 atom stereocenters. The number of aryl methyl sites for hydroxylation is 1. The van der Waals surface area contributed by atoms with Crippen LogP contribution in [0.3, 0.4) is 0 Å². The summed E-state index contributed by atoms with van der Waals surface area (Å²) in [4.78, 5) is 4.01. The summed E-state index contributed by atoms with van der Waals surface area (Å²) in [6, 6.07) is 7.78. The van der Waals surface area contributed by atoms with Crippen LogP contribution in [0.2, 0.25) is 0 Å². The summed E-state index contributed by atoms with van der Waals surface area (Å²) in [6.07, 6.45) is 3.51. The summed E-state index contributed by atoms with van der Waals surface area (Å²) in [5, 5.41) is 0. The molecular weight excluding hydrogens is 224 g/mol. The van der Waals surface area contributed by atoms with Crippen LogP contribution in [0.25, 0.3) is 0 Å². The van der Waals surface area contributed by atoms with Crippen LogP contribution in [0.1, 0.15) is 28.3 Å². The number of benzene rings is 1. The third kappa shape index (κ3) is 2.22. The second-order valence-corrected chi connectivity index (χ2v) is 4.39. The van der Waals surface area contributed by atoms with E-state index in [1.165, 1.54) is 5.56 Å². The van der Waals surface area contributed by atoms with Crippen molar-refractivity contribution in [2.75, 3.05) is 7.11 Å². The molecule has 0 spiro atoms. The van der Waals surface area contributed by atoms with Crippen LogP contribution < -0.4 is 10.5 Å². The van der Waals surface area contributed by atoms with Crippen molar-refractivity contribution in [3.8, 4) is 5.75 Å². The summed E-state index contributed by atoms with van der Waals surface area (Å²) >= 11 is 0. The van der Waals surface area contributed by atoms with Gasteiger partial charge in [0.1, 0.15) is 5.75 Å². The van der Waals surface area contributed by atoms with Gasteiger partial charge in [-0.1, -0.05) is 12.1 Å². The first-order valence-electron chi connectivity index (χ1n) is 5.94. The fourth-order valence-corrected chi connectivity index (χ4v) is 2.08. The predicted octanol–water partition coefficient (Wildman–Crippen LogP) is 2.76. The SMILES string of the molecule is COc1c(C(N)c2ccncc2)ccc(C)c1C. The van der Waals surface area contributed by atoms with Crippen molar-refractivity contribution in [1.82, 2.24) is 4.98 Å². The molecule has 0 aliphatic rings. The molecule has 0 aliphatic heterocycles. The van der Waals surface area contributed by atoms with Crippen LogP contribution in [0, 0.1) is 13.8 Å². The largest absolute Gasteiger partial charge is 0.496 e. The lowest BCUT2D eigenvalue weighted by Crippen LogP contribution is -2.14. The van der Waals surface area contributed by atoms with Gasteiger partial charge in [0.2, 0.25) is 0 Å². The van der Waals surface area contributed by atoms with E-state index in [1.54, 1.807) is 19.5 Å². The van der Waals surface area contributed by atoms with E-state index in [0.29, 0.717) is 0 Å². The smallest absolute Gasteiger partial charge is 0.127 e. The molecule has 3 nitrogen and oxygen atoms in total. The Bertz CT molecular complexity index is 538. The molecule has 0 amide bonds. The highest BCUT2D eigenvalue weighted by Crippen LogP contribution is 2.32. The van der Waals surface area contributed by atoms with E-state index in [-0.39, 0.29) is 6.04 Å². The van der Waals surface area contributed by atoms with Crippen LogP contribution in [0.5, 0.6) is 5.75 Å². The van der Waals surface area contributed by atoms with Gasteiger partial charge in [-0.3, -0.25) is 4.98 Å². The van der Waals surface area contributed by atoms with Crippen LogP contribution in [0.15, 0.2) is 36.7 Å². The minimum Gasteiger partial charge on any atom is -0.496 e. The molecule has 1 unspecified atom stereocenters. The average molecular weight is 242 g/mol. The molecule has 2 N–H and O–H groups in total. The molecule has 1 aromatic carbocycles. The maximum Gasteiger partial charge on any atom is 0.127 e. The van der Waals surface area contributed by atoms with Gasteiger partial charge in [0.15, 0.2) is 0 Å². The molecule has 94 valence electrons. The van der Waals surface area contributed by atoms with Gasteiger partial charge in [-0.05, 0) is 42.7 Å². The highest BCUT2D eigenvalue weighted by molar-refractivity contribution is 5.49. The van der Waals surface area contributed by atoms with Crippen molar-refractivity contribution in [2.24, 2.45) is 5.73 Å². The van der Waals surface area contributed by atoms with Crippen molar-refractivity contribution in [3.63, 3.8) is 0 Å². The first-order valence-corrected chi connectivity index (χ1v) is 5.94. The van der Waals surface area contributed by atoms with Gasteiger partial charge in [-0.25, -0.2) is 0 Å². The number of hydrogen-bond donors (Lipinski definition) is 1. The van der Waals surface area contributed by atoms with Gasteiger partial charge in [-0.2, -0.15) is 0 Å². The molecule has 0 fully saturated rings. The summed E-state index contributed by atoms with van der Waals surface area (Å²) in [5.74, 6) is 0.874. The van der Waals surface area contributed by atoms with E-state index in [9.17, 15) is 0 Å². The maximum atomic E-state index is 6.30. The molecule has 18 heavy (non-hydrogen) atoms. The van der Waals surface area contributed by atoms with E-state index in [4.69, 9.17) is 10.5 Å². The number of pyridine rings is 1. The standard InChI is InChI=1S/C15H18N2O/c1-10-4-5-13(15(18-3)11(10)2)14(16)12-6-8-17-9-7-12/h4-9,14H,16H2,1-3H3. The van der Waals surface area contributed by atoms with Gasteiger partial charge >= 0.3 is 0 Å². The molecule has 0 bridgehead atoms. The molecule has 0 aliphatic carbocycles. The number of hydrogen-bond acceptors (Lipinski definition) is 3. The summed E-state index contributed by atoms with van der Waals surface area (Å²) in [5.41, 5.74) is 10.7. The van der Waals surface area contributed by atoms with Crippen LogP contribution >= 0.6 is 0 Å². The fraction of sp³-hybridized carbons (Fsp3) is 0.267. The quantitative estimate of drug-likeness (QED) is 0.900. The zero-order chi connectivity index (χ0) is 13.1. The van der Waals surface area contributed by atoms with Crippen molar-refractivity contribution >= 4 is 0 Å². The van der Waals surface area contributed by atoms with Gasteiger partial charge in [-0.15, -0.1) is 0 Å². The van der Waals surface area contributed by atoms with E-state index in [1.807, 2.05) is 18.2 Å². The summed E-state index contributed by atoms with van der Waals surface area (Å²) in [7, 11) is 1.69. The fourth-order valence-electron chi connectivity index (χ4n) is 2.08. The molecule has 0 radical (unpaired) electrons. The topological polar surface area (TPSA) is 48.1 Å². The maximum absolute atomic E-state index is 6.30. The molecule has 2 rings (SSSR count). The van der Waals surface area contributed by atoms with E-state index in [2.05, 4.69) is 24.9 Å². The highest BCUT2D eigenvalue weighted by atomic mass is 16.5. The molecule has 3 heteroatoms. The molecular formula is C15H18N2O. The molecule has 0 saturated heterocycles. The Morgan fingerprint density at radius 2 is 1.78 bits per heavy atom. The molecule has 1 aromatic heterocycles. The Labute approximate surface area is 108 Å². The zero-order valence-electron chi connectivity index (χ0n) is 11.0. The number of aromatic nitrogens is 1. The highest BCUT2D eigenvalue weighted by Gasteiger charge is 2.16. The van der Waals surface area contributed by atoms with Crippen LogP contribution in [0.4, 0.5) is 0 Å². The van der Waals surface area contributed by atoms with Crippen molar-refractivity contribution in [2.45, 2.75) is 19.9 Å². The van der Waals surface area contributed by atoms with Crippen molar-refractivity contribution in [1.29, 1.82) is 0 Å². The lowest BCUT2D eigenvalue weighted by Gasteiger charge is -2.18. The van der Waals surface area contributed by atoms with E-state index < -0.39 is 0 Å². The van der Waals surface area contributed by atoms with Crippen molar-refractivity contribution in [3.05, 3.63) is 58.9 Å². The first-order chi connectivity index (χ1) is 8.65. The Hall–Kier alpha value is -1.87. The van der Waals surface area contributed by atoms with Gasteiger partial charge in [0.25, 0.3) is 0 Å². The average Bonchev–Trinajstić information content (AvgIpc) is 2.42. The number of nitrogens with zero attached hydrogens (tertiary/aromatic N) is 1. The second-order valence-electron chi connectivity index (χ2n) is 4.39. The van der Waals surface area contributed by atoms with Crippen LogP contribution in [-0.2, 0) is 0 Å². The lowest BCUT2D eigenvalue weighted by molar-refractivity contribution is 0.404. The first kappa shape index (κ1) is 12.6. The number of nitrogens with two attached hydrogens (primary N) is 1. The van der Waals surface area contributed by atoms with Gasteiger partial charge in [0.05, 0.1) is 13.2 Å². The monoisotopic (exact) mass is 242 g/mol. The summed E-state index contributed by atoms with van der Waals surface area (Å²) < 4.78 is 5.50. The van der Waals surface area contributed by atoms with Crippen LogP contribution in [-0.4, -0.2) is 12.1 Å². The number of rotatable bonds is 3. The normalized spacial score (nSPS) is 12.2. The zero-order valence-corrected chi connectivity index (χ0v) is 11.0. The second kappa shape index (κ2) is 5.19.